The average Bonchev–Trinajstić information content (AvgIpc) is 3.04. The van der Waals surface area contributed by atoms with Gasteiger partial charge in [0, 0.05) is 17.8 Å². The second-order valence-electron chi connectivity index (χ2n) is 4.02. The van der Waals surface area contributed by atoms with E-state index in [4.69, 9.17) is 0 Å². The summed E-state index contributed by atoms with van der Waals surface area (Å²) in [6.45, 7) is 0. The molecule has 17 heavy (non-hydrogen) atoms. The molecular weight excluding hydrogens is 206 g/mol. The third-order valence-corrected chi connectivity index (χ3v) is 2.88. The van der Waals surface area contributed by atoms with Crippen LogP contribution in [0.4, 0.5) is 5.69 Å². The molecule has 0 atom stereocenters. The van der Waals surface area contributed by atoms with Crippen molar-refractivity contribution >= 4 is 5.69 Å². The summed E-state index contributed by atoms with van der Waals surface area (Å²) in [5.41, 5.74) is 6.85. The largest absolute Gasteiger partial charge is 0.307 e. The van der Waals surface area contributed by atoms with Gasteiger partial charge < -0.3 is 4.90 Å². The molecule has 3 rings (SSSR count). The second-order valence-corrected chi connectivity index (χ2v) is 4.02. The summed E-state index contributed by atoms with van der Waals surface area (Å²) in [5.74, 6) is 0. The molecule has 1 aromatic carbocycles. The van der Waals surface area contributed by atoms with E-state index in [0.29, 0.717) is 0 Å². The molecule has 0 aromatic heterocycles. The van der Waals surface area contributed by atoms with E-state index in [2.05, 4.69) is 59.2 Å². The Morgan fingerprint density at radius 2 is 1.94 bits per heavy atom. The molecule has 0 fully saturated rings. The zero-order valence-electron chi connectivity index (χ0n) is 9.51. The fourth-order valence-corrected chi connectivity index (χ4v) is 2.10. The Balaban J connectivity index is 2.03. The highest BCUT2D eigenvalue weighted by Gasteiger charge is 2.16. The number of hydrogen-bond donors (Lipinski definition) is 0. The van der Waals surface area contributed by atoms with Gasteiger partial charge in [-0.15, -0.1) is 0 Å². The Morgan fingerprint density at radius 3 is 2.59 bits per heavy atom. The third-order valence-electron chi connectivity index (χ3n) is 2.88. The molecule has 0 aliphatic heterocycles. The number of allylic oxidation sites excluding steroid dienone is 5. The van der Waals surface area contributed by atoms with Gasteiger partial charge in [-0.1, -0.05) is 42.2 Å². The molecule has 82 valence electrons. The lowest BCUT2D eigenvalue weighted by atomic mass is 10.2. The monoisotopic (exact) mass is 219 g/mol. The zero-order valence-corrected chi connectivity index (χ0v) is 9.51. The van der Waals surface area contributed by atoms with Crippen LogP contribution < -0.4 is 4.90 Å². The first kappa shape index (κ1) is 9.95. The molecule has 2 aliphatic rings. The summed E-state index contributed by atoms with van der Waals surface area (Å²) in [6.07, 6.45) is 13.5. The summed E-state index contributed by atoms with van der Waals surface area (Å²) in [6, 6.07) is 10.4. The number of para-hydroxylation sites is 1. The van der Waals surface area contributed by atoms with Crippen LogP contribution in [0.2, 0.25) is 0 Å². The van der Waals surface area contributed by atoms with Gasteiger partial charge in [0.15, 0.2) is 0 Å². The minimum atomic E-state index is 0.980. The maximum absolute atomic E-state index is 3.27. The van der Waals surface area contributed by atoms with Crippen molar-refractivity contribution in [3.8, 4) is 0 Å². The van der Waals surface area contributed by atoms with E-state index in [1.54, 1.807) is 0 Å². The van der Waals surface area contributed by atoms with Gasteiger partial charge in [0.2, 0.25) is 0 Å². The van der Waals surface area contributed by atoms with E-state index in [9.17, 15) is 0 Å². The predicted molar refractivity (Wildman–Crippen MR) is 71.5 cm³/mol. The average molecular weight is 219 g/mol. The fourth-order valence-electron chi connectivity index (χ4n) is 2.10. The number of nitrogens with zero attached hydrogens (tertiary/aromatic N) is 1. The summed E-state index contributed by atoms with van der Waals surface area (Å²) in [7, 11) is 0. The van der Waals surface area contributed by atoms with Crippen molar-refractivity contribution in [2.24, 2.45) is 0 Å². The molecular formula is C16H13N. The lowest BCUT2D eigenvalue weighted by molar-refractivity contribution is 1.06. The van der Waals surface area contributed by atoms with Crippen LogP contribution in [-0.2, 0) is 0 Å². The molecule has 0 spiro atoms. The Bertz CT molecular complexity index is 567. The molecule has 1 nitrogen and oxygen atoms in total. The van der Waals surface area contributed by atoms with E-state index in [1.807, 2.05) is 18.2 Å². The molecule has 1 aromatic rings. The Morgan fingerprint density at radius 1 is 1.06 bits per heavy atom. The molecule has 0 radical (unpaired) electrons. The summed E-state index contributed by atoms with van der Waals surface area (Å²) in [4.78, 5) is 2.25. The van der Waals surface area contributed by atoms with Gasteiger partial charge in [0.1, 0.15) is 0 Å². The predicted octanol–water partition coefficient (Wildman–Crippen LogP) is 3.95. The molecule has 0 saturated heterocycles. The molecule has 0 saturated carbocycles. The molecule has 0 heterocycles. The maximum atomic E-state index is 3.27. The second kappa shape index (κ2) is 4.32. The van der Waals surface area contributed by atoms with Gasteiger partial charge in [-0.25, -0.2) is 0 Å². The Kier molecular flexibility index (Phi) is 2.53. The van der Waals surface area contributed by atoms with Crippen LogP contribution in [0.3, 0.4) is 0 Å². The van der Waals surface area contributed by atoms with Crippen molar-refractivity contribution in [2.75, 3.05) is 4.90 Å². The normalized spacial score (nSPS) is 16.2. The van der Waals surface area contributed by atoms with Gasteiger partial charge in [-0.2, -0.15) is 0 Å². The topological polar surface area (TPSA) is 3.24 Å². The van der Waals surface area contributed by atoms with Crippen LogP contribution >= 0.6 is 0 Å². The maximum Gasteiger partial charge on any atom is 0.0888 e. The zero-order chi connectivity index (χ0) is 11.5. The van der Waals surface area contributed by atoms with Crippen molar-refractivity contribution in [3.63, 3.8) is 0 Å². The molecule has 0 bridgehead atoms. The standard InChI is InChI=1S/C16H13N/c1-2-8-14(9-3-1)17(15-10-4-5-11-15)16-12-6-7-13-16/h1-10,12H,11H2. The Labute approximate surface area is 101 Å². The molecule has 0 amide bonds. The van der Waals surface area contributed by atoms with Gasteiger partial charge >= 0.3 is 0 Å². The van der Waals surface area contributed by atoms with Crippen LogP contribution in [0.25, 0.3) is 0 Å². The quantitative estimate of drug-likeness (QED) is 0.696. The molecule has 2 aliphatic carbocycles. The number of rotatable bonds is 3. The number of anilines is 1. The fraction of sp³-hybridized carbons (Fsp3) is 0.0625. The van der Waals surface area contributed by atoms with Crippen molar-refractivity contribution in [3.05, 3.63) is 83.9 Å². The first-order chi connectivity index (χ1) is 8.45. The lowest BCUT2D eigenvalue weighted by Crippen LogP contribution is -2.19. The van der Waals surface area contributed by atoms with E-state index >= 15 is 0 Å². The van der Waals surface area contributed by atoms with Gasteiger partial charge in [0.05, 0.1) is 5.70 Å². The highest BCUT2D eigenvalue weighted by atomic mass is 15.2. The van der Waals surface area contributed by atoms with Crippen molar-refractivity contribution in [2.45, 2.75) is 6.42 Å². The first-order valence-electron chi connectivity index (χ1n) is 5.79. The van der Waals surface area contributed by atoms with E-state index in [0.717, 1.165) is 12.1 Å². The third kappa shape index (κ3) is 1.89. The van der Waals surface area contributed by atoms with Crippen molar-refractivity contribution in [1.82, 2.24) is 0 Å². The highest BCUT2D eigenvalue weighted by molar-refractivity contribution is 5.62. The Hall–Kier alpha value is -2.24. The molecule has 0 N–H and O–H groups in total. The van der Waals surface area contributed by atoms with Crippen molar-refractivity contribution < 1.29 is 0 Å². The lowest BCUT2D eigenvalue weighted by Gasteiger charge is -2.25. The van der Waals surface area contributed by atoms with Crippen LogP contribution in [0, 0.1) is 0 Å². The van der Waals surface area contributed by atoms with Gasteiger partial charge in [0.25, 0.3) is 0 Å². The van der Waals surface area contributed by atoms with E-state index in [-0.39, 0.29) is 0 Å². The van der Waals surface area contributed by atoms with Crippen LogP contribution in [0.15, 0.2) is 83.9 Å². The summed E-state index contributed by atoms with van der Waals surface area (Å²) < 4.78 is 0. The highest BCUT2D eigenvalue weighted by Crippen LogP contribution is 2.29. The smallest absolute Gasteiger partial charge is 0.0888 e. The minimum Gasteiger partial charge on any atom is -0.307 e. The van der Waals surface area contributed by atoms with Crippen LogP contribution in [0.5, 0.6) is 0 Å². The summed E-state index contributed by atoms with van der Waals surface area (Å²) >= 11 is 0. The minimum absolute atomic E-state index is 0.980. The summed E-state index contributed by atoms with van der Waals surface area (Å²) in [5, 5.41) is 0. The van der Waals surface area contributed by atoms with Crippen LogP contribution in [0.1, 0.15) is 6.42 Å². The van der Waals surface area contributed by atoms with E-state index < -0.39 is 0 Å². The first-order valence-corrected chi connectivity index (χ1v) is 5.79. The molecule has 1 heteroatoms. The number of hydrogen-bond acceptors (Lipinski definition) is 1. The van der Waals surface area contributed by atoms with Crippen molar-refractivity contribution in [1.29, 1.82) is 0 Å². The SMILES string of the molecule is C1=CC=CC=1N(C1=CC=CC1)c1ccccc1. The number of benzene rings is 1. The molecule has 0 unspecified atom stereocenters. The van der Waals surface area contributed by atoms with Crippen LogP contribution in [-0.4, -0.2) is 0 Å². The van der Waals surface area contributed by atoms with Gasteiger partial charge in [-0.05, 0) is 30.4 Å². The van der Waals surface area contributed by atoms with Gasteiger partial charge in [-0.3, -0.25) is 0 Å². The van der Waals surface area contributed by atoms with E-state index in [1.165, 1.54) is 11.4 Å².